The first kappa shape index (κ1) is 9.04. The lowest BCUT2D eigenvalue weighted by Crippen LogP contribution is -2.37. The minimum absolute atomic E-state index is 0.298. The highest BCUT2D eigenvalue weighted by Crippen LogP contribution is 2.48. The van der Waals surface area contributed by atoms with Gasteiger partial charge in [-0.1, -0.05) is 6.42 Å². The molecule has 3 unspecified atom stereocenters. The van der Waals surface area contributed by atoms with Gasteiger partial charge >= 0.3 is 0 Å². The normalized spacial score (nSPS) is 37.0. The van der Waals surface area contributed by atoms with Crippen molar-refractivity contribution in [2.75, 3.05) is 0 Å². The smallest absolute Gasteiger partial charge is 0.223 e. The SMILES string of the molecule is CC(C)NC(=O)C1CC2CCC1C2. The van der Waals surface area contributed by atoms with Crippen molar-refractivity contribution in [1.29, 1.82) is 0 Å². The van der Waals surface area contributed by atoms with Gasteiger partial charge in [-0.25, -0.2) is 0 Å². The standard InChI is InChI=1S/C11H19NO/c1-7(2)12-11(13)10-6-8-3-4-9(10)5-8/h7-10H,3-6H2,1-2H3,(H,12,13). The molecule has 0 aromatic carbocycles. The Kier molecular flexibility index (Phi) is 2.31. The molecule has 74 valence electrons. The lowest BCUT2D eigenvalue weighted by atomic mass is 9.88. The summed E-state index contributed by atoms with van der Waals surface area (Å²) in [4.78, 5) is 11.7. The molecular formula is C11H19NO. The second-order valence-electron chi connectivity index (χ2n) is 4.94. The molecule has 2 fully saturated rings. The zero-order chi connectivity index (χ0) is 9.42. The predicted octanol–water partition coefficient (Wildman–Crippen LogP) is 1.95. The lowest BCUT2D eigenvalue weighted by molar-refractivity contribution is -0.127. The summed E-state index contributed by atoms with van der Waals surface area (Å²) in [6.45, 7) is 4.07. The third kappa shape index (κ3) is 1.72. The fourth-order valence-corrected chi connectivity index (χ4v) is 2.96. The Balaban J connectivity index is 1.91. The summed E-state index contributed by atoms with van der Waals surface area (Å²) >= 11 is 0. The highest BCUT2D eigenvalue weighted by molar-refractivity contribution is 5.79. The molecule has 0 aliphatic heterocycles. The van der Waals surface area contributed by atoms with Crippen molar-refractivity contribution in [2.45, 2.75) is 45.6 Å². The zero-order valence-corrected chi connectivity index (χ0v) is 8.55. The number of nitrogens with one attached hydrogen (secondary N) is 1. The van der Waals surface area contributed by atoms with Crippen LogP contribution in [0.5, 0.6) is 0 Å². The number of hydrogen-bond donors (Lipinski definition) is 1. The topological polar surface area (TPSA) is 29.1 Å². The van der Waals surface area contributed by atoms with Crippen molar-refractivity contribution in [3.05, 3.63) is 0 Å². The van der Waals surface area contributed by atoms with Crippen molar-refractivity contribution in [1.82, 2.24) is 5.32 Å². The molecule has 1 N–H and O–H groups in total. The van der Waals surface area contributed by atoms with Gasteiger partial charge in [-0.3, -0.25) is 4.79 Å². The summed E-state index contributed by atoms with van der Waals surface area (Å²) in [5.41, 5.74) is 0. The van der Waals surface area contributed by atoms with Crippen LogP contribution in [0.2, 0.25) is 0 Å². The number of carbonyl (C=O) groups is 1. The van der Waals surface area contributed by atoms with Gasteiger partial charge in [-0.05, 0) is 44.9 Å². The Morgan fingerprint density at radius 3 is 2.54 bits per heavy atom. The molecular weight excluding hydrogens is 162 g/mol. The number of rotatable bonds is 2. The molecule has 0 radical (unpaired) electrons. The molecule has 3 atom stereocenters. The quantitative estimate of drug-likeness (QED) is 0.693. The monoisotopic (exact) mass is 181 g/mol. The molecule has 0 heterocycles. The highest BCUT2D eigenvalue weighted by atomic mass is 16.1. The van der Waals surface area contributed by atoms with E-state index >= 15 is 0 Å². The van der Waals surface area contributed by atoms with Gasteiger partial charge in [-0.15, -0.1) is 0 Å². The van der Waals surface area contributed by atoms with E-state index in [2.05, 4.69) is 5.32 Å². The molecule has 2 saturated carbocycles. The summed E-state index contributed by atoms with van der Waals surface area (Å²) in [7, 11) is 0. The van der Waals surface area contributed by atoms with Gasteiger partial charge < -0.3 is 5.32 Å². The van der Waals surface area contributed by atoms with E-state index in [0.717, 1.165) is 12.3 Å². The summed E-state index contributed by atoms with van der Waals surface area (Å²) in [6.07, 6.45) is 5.14. The van der Waals surface area contributed by atoms with Crippen LogP contribution in [0.4, 0.5) is 0 Å². The number of hydrogen-bond acceptors (Lipinski definition) is 1. The van der Waals surface area contributed by atoms with Crippen LogP contribution in [0.3, 0.4) is 0 Å². The van der Waals surface area contributed by atoms with E-state index in [1.165, 1.54) is 19.3 Å². The van der Waals surface area contributed by atoms with E-state index in [0.29, 0.717) is 23.8 Å². The van der Waals surface area contributed by atoms with Gasteiger partial charge in [0, 0.05) is 12.0 Å². The van der Waals surface area contributed by atoms with Crippen LogP contribution < -0.4 is 5.32 Å². The van der Waals surface area contributed by atoms with Crippen LogP contribution in [-0.4, -0.2) is 11.9 Å². The molecule has 2 heteroatoms. The average Bonchev–Trinajstić information content (AvgIpc) is 2.62. The van der Waals surface area contributed by atoms with Crippen LogP contribution in [0.1, 0.15) is 39.5 Å². The number of amides is 1. The number of carbonyl (C=O) groups excluding carboxylic acids is 1. The molecule has 0 saturated heterocycles. The average molecular weight is 181 g/mol. The Labute approximate surface area is 80.1 Å². The van der Waals surface area contributed by atoms with E-state index in [4.69, 9.17) is 0 Å². The predicted molar refractivity (Wildman–Crippen MR) is 52.2 cm³/mol. The first-order valence-electron chi connectivity index (χ1n) is 5.47. The van der Waals surface area contributed by atoms with Crippen molar-refractivity contribution in [3.8, 4) is 0 Å². The Hall–Kier alpha value is -0.530. The van der Waals surface area contributed by atoms with Gasteiger partial charge in [0.1, 0.15) is 0 Å². The van der Waals surface area contributed by atoms with Gasteiger partial charge in [0.25, 0.3) is 0 Å². The molecule has 1 amide bonds. The van der Waals surface area contributed by atoms with Crippen molar-refractivity contribution in [3.63, 3.8) is 0 Å². The second kappa shape index (κ2) is 3.32. The first-order chi connectivity index (χ1) is 6.16. The summed E-state index contributed by atoms with van der Waals surface area (Å²) in [5, 5.41) is 3.03. The molecule has 2 aliphatic carbocycles. The fourth-order valence-electron chi connectivity index (χ4n) is 2.96. The number of fused-ring (bicyclic) bond motifs is 2. The molecule has 2 nitrogen and oxygen atoms in total. The molecule has 13 heavy (non-hydrogen) atoms. The Morgan fingerprint density at radius 1 is 1.31 bits per heavy atom. The van der Waals surface area contributed by atoms with Crippen LogP contribution in [0, 0.1) is 17.8 Å². The summed E-state index contributed by atoms with van der Waals surface area (Å²) in [5.74, 6) is 2.24. The van der Waals surface area contributed by atoms with Gasteiger partial charge in [0.15, 0.2) is 0 Å². The summed E-state index contributed by atoms with van der Waals surface area (Å²) in [6, 6.07) is 0.298. The lowest BCUT2D eigenvalue weighted by Gasteiger charge is -2.21. The van der Waals surface area contributed by atoms with Crippen LogP contribution >= 0.6 is 0 Å². The maximum atomic E-state index is 11.7. The highest BCUT2D eigenvalue weighted by Gasteiger charge is 2.42. The molecule has 0 aromatic heterocycles. The Morgan fingerprint density at radius 2 is 2.08 bits per heavy atom. The molecule has 0 spiro atoms. The van der Waals surface area contributed by atoms with Crippen molar-refractivity contribution >= 4 is 5.91 Å². The van der Waals surface area contributed by atoms with Gasteiger partial charge in [-0.2, -0.15) is 0 Å². The Bertz CT molecular complexity index is 212. The second-order valence-corrected chi connectivity index (χ2v) is 4.94. The van der Waals surface area contributed by atoms with E-state index in [9.17, 15) is 4.79 Å². The van der Waals surface area contributed by atoms with E-state index in [1.54, 1.807) is 0 Å². The van der Waals surface area contributed by atoms with E-state index in [-0.39, 0.29) is 0 Å². The van der Waals surface area contributed by atoms with Crippen molar-refractivity contribution in [2.24, 2.45) is 17.8 Å². The van der Waals surface area contributed by atoms with Crippen LogP contribution in [-0.2, 0) is 4.79 Å². The van der Waals surface area contributed by atoms with E-state index in [1.807, 2.05) is 13.8 Å². The largest absolute Gasteiger partial charge is 0.354 e. The van der Waals surface area contributed by atoms with E-state index < -0.39 is 0 Å². The molecule has 0 aromatic rings. The first-order valence-corrected chi connectivity index (χ1v) is 5.47. The third-order valence-corrected chi connectivity index (χ3v) is 3.51. The minimum Gasteiger partial charge on any atom is -0.354 e. The maximum Gasteiger partial charge on any atom is 0.223 e. The fraction of sp³-hybridized carbons (Fsp3) is 0.909. The molecule has 2 aliphatic rings. The summed E-state index contributed by atoms with van der Waals surface area (Å²) < 4.78 is 0. The van der Waals surface area contributed by atoms with Gasteiger partial charge in [0.2, 0.25) is 5.91 Å². The minimum atomic E-state index is 0.298. The zero-order valence-electron chi connectivity index (χ0n) is 8.55. The van der Waals surface area contributed by atoms with Crippen LogP contribution in [0.15, 0.2) is 0 Å². The molecule has 2 rings (SSSR count). The molecule has 2 bridgehead atoms. The van der Waals surface area contributed by atoms with Crippen molar-refractivity contribution < 1.29 is 4.79 Å². The maximum absolute atomic E-state index is 11.7. The van der Waals surface area contributed by atoms with Gasteiger partial charge in [0.05, 0.1) is 0 Å². The third-order valence-electron chi connectivity index (χ3n) is 3.51. The van der Waals surface area contributed by atoms with Crippen LogP contribution in [0.25, 0.3) is 0 Å².